The van der Waals surface area contributed by atoms with E-state index < -0.39 is 35.5 Å². The molecule has 3 unspecified atom stereocenters. The maximum Gasteiger partial charge on any atom is 0.336 e. The number of Topliss-reactive ketones (excluding diaryl/α,β-unsaturated/α-hetero) is 1. The van der Waals surface area contributed by atoms with E-state index in [9.17, 15) is 14.4 Å². The van der Waals surface area contributed by atoms with Crippen LogP contribution in [0.5, 0.6) is 17.2 Å². The molecule has 46 heavy (non-hydrogen) atoms. The molecular weight excluding hydrogens is 586 g/mol. The van der Waals surface area contributed by atoms with E-state index in [4.69, 9.17) is 23.7 Å². The number of dihydropyridines is 1. The molecule has 9 heteroatoms. The lowest BCUT2D eigenvalue weighted by Gasteiger charge is -2.39. The predicted octanol–water partition coefficient (Wildman–Crippen LogP) is 6.00. The molecule has 240 valence electrons. The van der Waals surface area contributed by atoms with E-state index in [0.29, 0.717) is 52.8 Å². The Kier molecular flexibility index (Phi) is 10.1. The number of carbonyl (C=O) groups excluding carboxylic acids is 3. The van der Waals surface area contributed by atoms with Gasteiger partial charge in [0, 0.05) is 28.8 Å². The molecule has 1 heterocycles. The van der Waals surface area contributed by atoms with Crippen molar-refractivity contribution in [3.05, 3.63) is 112 Å². The normalized spacial score (nSPS) is 19.2. The standard InChI is InChI=1S/C37H39NO8/c1-6-44-36(40)31-22(3)38-27-20-26(25-15-11-12-16-28(25)42-4)33(37(41)45-7-2)35(39)34(27)32(31)24-17-18-29(30(19-24)43-5)46-21-23-13-9-8-10-14-23/h8-19,26,32-33,38H,6-7,20-21H2,1-5H3. The first-order chi connectivity index (χ1) is 22.3. The highest BCUT2D eigenvalue weighted by molar-refractivity contribution is 6.13. The highest BCUT2D eigenvalue weighted by Gasteiger charge is 2.49. The Morgan fingerprint density at radius 1 is 0.848 bits per heavy atom. The van der Waals surface area contributed by atoms with Gasteiger partial charge < -0.3 is 29.0 Å². The van der Waals surface area contributed by atoms with Gasteiger partial charge in [-0.3, -0.25) is 9.59 Å². The van der Waals surface area contributed by atoms with Crippen molar-refractivity contribution < 1.29 is 38.1 Å². The molecule has 3 atom stereocenters. The van der Waals surface area contributed by atoms with Crippen LogP contribution in [0.3, 0.4) is 0 Å². The molecule has 0 spiro atoms. The van der Waals surface area contributed by atoms with Crippen LogP contribution in [0, 0.1) is 5.92 Å². The summed E-state index contributed by atoms with van der Waals surface area (Å²) in [6.45, 7) is 5.82. The summed E-state index contributed by atoms with van der Waals surface area (Å²) >= 11 is 0. The van der Waals surface area contributed by atoms with Crippen molar-refractivity contribution in [3.63, 3.8) is 0 Å². The molecule has 3 aromatic rings. The Labute approximate surface area is 269 Å². The second kappa shape index (κ2) is 14.4. The third kappa shape index (κ3) is 6.36. The molecule has 2 aliphatic rings. The van der Waals surface area contributed by atoms with Gasteiger partial charge in [0.2, 0.25) is 0 Å². The summed E-state index contributed by atoms with van der Waals surface area (Å²) in [5.74, 6) is -2.65. The number of rotatable bonds is 11. The average molecular weight is 626 g/mol. The fourth-order valence-electron chi connectivity index (χ4n) is 6.33. The van der Waals surface area contributed by atoms with Crippen LogP contribution < -0.4 is 19.5 Å². The minimum absolute atomic E-state index is 0.115. The lowest BCUT2D eigenvalue weighted by atomic mass is 9.67. The largest absolute Gasteiger partial charge is 0.496 e. The van der Waals surface area contributed by atoms with Crippen molar-refractivity contribution in [2.24, 2.45) is 5.92 Å². The maximum atomic E-state index is 14.7. The number of nitrogens with one attached hydrogen (secondary N) is 1. The van der Waals surface area contributed by atoms with Crippen molar-refractivity contribution in [2.75, 3.05) is 27.4 Å². The van der Waals surface area contributed by atoms with Gasteiger partial charge in [-0.05, 0) is 62.1 Å². The third-order valence-corrected chi connectivity index (χ3v) is 8.35. The van der Waals surface area contributed by atoms with Gasteiger partial charge in [-0.15, -0.1) is 0 Å². The maximum absolute atomic E-state index is 14.7. The quantitative estimate of drug-likeness (QED) is 0.203. The molecule has 0 radical (unpaired) electrons. The summed E-state index contributed by atoms with van der Waals surface area (Å²) in [5, 5.41) is 3.33. The monoisotopic (exact) mass is 625 g/mol. The van der Waals surface area contributed by atoms with Crippen LogP contribution >= 0.6 is 0 Å². The molecule has 0 aromatic heterocycles. The molecule has 0 amide bonds. The molecule has 0 bridgehead atoms. The summed E-state index contributed by atoms with van der Waals surface area (Å²) in [6, 6.07) is 22.5. The summed E-state index contributed by atoms with van der Waals surface area (Å²) < 4.78 is 28.4. The Balaban J connectivity index is 1.63. The summed E-state index contributed by atoms with van der Waals surface area (Å²) in [7, 11) is 3.09. The van der Waals surface area contributed by atoms with E-state index in [-0.39, 0.29) is 18.8 Å². The number of para-hydroxylation sites is 1. The van der Waals surface area contributed by atoms with Gasteiger partial charge in [0.25, 0.3) is 0 Å². The highest BCUT2D eigenvalue weighted by atomic mass is 16.5. The first kappa shape index (κ1) is 32.3. The van der Waals surface area contributed by atoms with Gasteiger partial charge in [0.05, 0.1) is 33.0 Å². The second-order valence-electron chi connectivity index (χ2n) is 11.0. The molecule has 0 fully saturated rings. The molecule has 1 N–H and O–H groups in total. The van der Waals surface area contributed by atoms with E-state index in [1.807, 2.05) is 54.6 Å². The minimum atomic E-state index is -1.16. The number of hydrogen-bond acceptors (Lipinski definition) is 9. The number of carbonyl (C=O) groups is 3. The van der Waals surface area contributed by atoms with Crippen molar-refractivity contribution in [2.45, 2.75) is 45.6 Å². The number of hydrogen-bond donors (Lipinski definition) is 1. The molecule has 9 nitrogen and oxygen atoms in total. The summed E-state index contributed by atoms with van der Waals surface area (Å²) in [4.78, 5) is 41.8. The zero-order chi connectivity index (χ0) is 32.8. The van der Waals surface area contributed by atoms with Gasteiger partial charge in [-0.2, -0.15) is 0 Å². The molecular formula is C37H39NO8. The first-order valence-electron chi connectivity index (χ1n) is 15.4. The van der Waals surface area contributed by atoms with Crippen molar-refractivity contribution >= 4 is 17.7 Å². The third-order valence-electron chi connectivity index (χ3n) is 8.35. The Bertz CT molecular complexity index is 1680. The van der Waals surface area contributed by atoms with Crippen LogP contribution in [0.15, 0.2) is 95.3 Å². The van der Waals surface area contributed by atoms with Crippen LogP contribution in [0.1, 0.15) is 55.7 Å². The van der Waals surface area contributed by atoms with E-state index in [1.54, 1.807) is 46.1 Å². The second-order valence-corrected chi connectivity index (χ2v) is 11.0. The number of benzene rings is 3. The average Bonchev–Trinajstić information content (AvgIpc) is 3.07. The number of allylic oxidation sites excluding steroid dienone is 3. The number of esters is 2. The topological polar surface area (TPSA) is 109 Å². The Morgan fingerprint density at radius 2 is 1.54 bits per heavy atom. The molecule has 0 saturated carbocycles. The van der Waals surface area contributed by atoms with Gasteiger partial charge >= 0.3 is 11.9 Å². The smallest absolute Gasteiger partial charge is 0.336 e. The predicted molar refractivity (Wildman–Crippen MR) is 171 cm³/mol. The van der Waals surface area contributed by atoms with Crippen LogP contribution in [-0.4, -0.2) is 45.2 Å². The van der Waals surface area contributed by atoms with Gasteiger partial charge in [0.15, 0.2) is 17.3 Å². The van der Waals surface area contributed by atoms with Gasteiger partial charge in [-0.25, -0.2) is 4.79 Å². The lowest BCUT2D eigenvalue weighted by molar-refractivity contribution is -0.152. The zero-order valence-corrected chi connectivity index (χ0v) is 26.8. The van der Waals surface area contributed by atoms with E-state index in [1.165, 1.54) is 7.11 Å². The van der Waals surface area contributed by atoms with E-state index >= 15 is 0 Å². The van der Waals surface area contributed by atoms with Gasteiger partial charge in [0.1, 0.15) is 18.3 Å². The molecule has 3 aromatic carbocycles. The van der Waals surface area contributed by atoms with Crippen LogP contribution in [0.25, 0.3) is 0 Å². The lowest BCUT2D eigenvalue weighted by Crippen LogP contribution is -2.43. The van der Waals surface area contributed by atoms with Crippen molar-refractivity contribution in [1.82, 2.24) is 5.32 Å². The van der Waals surface area contributed by atoms with Crippen molar-refractivity contribution in [1.29, 1.82) is 0 Å². The van der Waals surface area contributed by atoms with Crippen molar-refractivity contribution in [3.8, 4) is 17.2 Å². The fourth-order valence-corrected chi connectivity index (χ4v) is 6.33. The minimum Gasteiger partial charge on any atom is -0.496 e. The number of ether oxygens (including phenoxy) is 5. The SMILES string of the molecule is CCOC(=O)C1=C(C)NC2=C(C(=O)C(C(=O)OCC)C(c3ccccc3OC)C2)C1c1ccc(OCc2ccccc2)c(OC)c1. The summed E-state index contributed by atoms with van der Waals surface area (Å²) in [6.07, 6.45) is 0.310. The zero-order valence-electron chi connectivity index (χ0n) is 26.8. The molecule has 0 saturated heterocycles. The van der Waals surface area contributed by atoms with Gasteiger partial charge in [-0.1, -0.05) is 54.6 Å². The summed E-state index contributed by atoms with van der Waals surface area (Å²) in [5.41, 5.74) is 4.12. The van der Waals surface area contributed by atoms with Crippen LogP contribution in [0.4, 0.5) is 0 Å². The Hall–Kier alpha value is -5.05. The fraction of sp³-hybridized carbons (Fsp3) is 0.324. The molecule has 1 aliphatic heterocycles. The van der Waals surface area contributed by atoms with E-state index in [0.717, 1.165) is 11.1 Å². The Morgan fingerprint density at radius 3 is 2.24 bits per heavy atom. The molecule has 1 aliphatic carbocycles. The highest BCUT2D eigenvalue weighted by Crippen LogP contribution is 2.50. The number of ketones is 1. The van der Waals surface area contributed by atoms with Crippen LogP contribution in [-0.2, 0) is 30.5 Å². The van der Waals surface area contributed by atoms with Crippen LogP contribution in [0.2, 0.25) is 0 Å². The first-order valence-corrected chi connectivity index (χ1v) is 15.4. The molecule has 5 rings (SSSR count). The van der Waals surface area contributed by atoms with E-state index in [2.05, 4.69) is 5.32 Å². The number of methoxy groups -OCH3 is 2.